The van der Waals surface area contributed by atoms with Crippen molar-refractivity contribution in [2.75, 3.05) is 0 Å². The molecule has 0 spiro atoms. The average molecular weight is 225 g/mol. The molecular weight excluding hydrogens is 210 g/mol. The Morgan fingerprint density at radius 1 is 1.24 bits per heavy atom. The van der Waals surface area contributed by atoms with Crippen LogP contribution in [0.4, 0.5) is 0 Å². The number of nitrogens with zero attached hydrogens (tertiary/aromatic N) is 1. The standard InChI is InChI=1S/C15H15NO/c17-14-6-3-5-11(9-14)13-8-12-4-1-2-7-15(12)16-10-13/h1-2,4,7-8,10-11H,3,5-6,9H2/t11-/m0/s1. The third-order valence-corrected chi connectivity index (χ3v) is 3.57. The molecule has 2 nitrogen and oxygen atoms in total. The summed E-state index contributed by atoms with van der Waals surface area (Å²) in [5.41, 5.74) is 2.25. The topological polar surface area (TPSA) is 30.0 Å². The average Bonchev–Trinajstić information content (AvgIpc) is 2.38. The van der Waals surface area contributed by atoms with E-state index in [0.717, 1.165) is 24.8 Å². The van der Waals surface area contributed by atoms with Gasteiger partial charge in [0.15, 0.2) is 0 Å². The van der Waals surface area contributed by atoms with Crippen molar-refractivity contribution in [2.24, 2.45) is 0 Å². The van der Waals surface area contributed by atoms with Crippen LogP contribution in [0, 0.1) is 0 Å². The van der Waals surface area contributed by atoms with Gasteiger partial charge in [0.1, 0.15) is 5.78 Å². The summed E-state index contributed by atoms with van der Waals surface area (Å²) in [6, 6.07) is 10.3. The zero-order valence-electron chi connectivity index (χ0n) is 9.73. The number of carbonyl (C=O) groups excluding carboxylic acids is 1. The third-order valence-electron chi connectivity index (χ3n) is 3.57. The van der Waals surface area contributed by atoms with Crippen LogP contribution in [0.25, 0.3) is 10.9 Å². The SMILES string of the molecule is O=C1CCC[C@H](c2cnc3ccccc3c2)C1. The molecule has 86 valence electrons. The molecule has 1 aliphatic rings. The number of hydrogen-bond acceptors (Lipinski definition) is 2. The lowest BCUT2D eigenvalue weighted by molar-refractivity contribution is -0.120. The Morgan fingerprint density at radius 3 is 3.00 bits per heavy atom. The molecule has 0 saturated heterocycles. The molecule has 0 radical (unpaired) electrons. The van der Waals surface area contributed by atoms with Gasteiger partial charge in [-0.25, -0.2) is 0 Å². The molecule has 1 saturated carbocycles. The van der Waals surface area contributed by atoms with Gasteiger partial charge in [0, 0.05) is 24.4 Å². The molecule has 0 aliphatic heterocycles. The van der Waals surface area contributed by atoms with Crippen molar-refractivity contribution in [1.29, 1.82) is 0 Å². The summed E-state index contributed by atoms with van der Waals surface area (Å²) >= 11 is 0. The van der Waals surface area contributed by atoms with E-state index < -0.39 is 0 Å². The maximum Gasteiger partial charge on any atom is 0.133 e. The lowest BCUT2D eigenvalue weighted by Crippen LogP contribution is -2.13. The summed E-state index contributed by atoms with van der Waals surface area (Å²) in [7, 11) is 0. The Hall–Kier alpha value is -1.70. The highest BCUT2D eigenvalue weighted by atomic mass is 16.1. The number of para-hydroxylation sites is 1. The molecule has 1 atom stereocenters. The van der Waals surface area contributed by atoms with Crippen LogP contribution in [0.2, 0.25) is 0 Å². The first-order chi connectivity index (χ1) is 8.33. The second-order valence-electron chi connectivity index (χ2n) is 4.79. The molecule has 1 aromatic carbocycles. The number of benzene rings is 1. The van der Waals surface area contributed by atoms with Gasteiger partial charge >= 0.3 is 0 Å². The maximum atomic E-state index is 11.5. The predicted octanol–water partition coefficient (Wildman–Crippen LogP) is 3.46. The molecule has 2 aromatic rings. The number of carbonyl (C=O) groups is 1. The molecule has 0 amide bonds. The van der Waals surface area contributed by atoms with E-state index in [1.54, 1.807) is 0 Å². The summed E-state index contributed by atoms with van der Waals surface area (Å²) in [5, 5.41) is 1.17. The van der Waals surface area contributed by atoms with Crippen LogP contribution < -0.4 is 0 Å². The summed E-state index contributed by atoms with van der Waals surface area (Å²) < 4.78 is 0. The van der Waals surface area contributed by atoms with Gasteiger partial charge in [0.2, 0.25) is 0 Å². The van der Waals surface area contributed by atoms with Crippen molar-refractivity contribution < 1.29 is 4.79 Å². The van der Waals surface area contributed by atoms with Crippen molar-refractivity contribution >= 4 is 16.7 Å². The number of ketones is 1. The van der Waals surface area contributed by atoms with E-state index in [1.807, 2.05) is 24.4 Å². The van der Waals surface area contributed by atoms with Gasteiger partial charge in [-0.15, -0.1) is 0 Å². The normalized spacial score (nSPS) is 20.7. The molecule has 2 heteroatoms. The fourth-order valence-electron chi connectivity index (χ4n) is 2.62. The van der Waals surface area contributed by atoms with Gasteiger partial charge < -0.3 is 0 Å². The smallest absolute Gasteiger partial charge is 0.133 e. The van der Waals surface area contributed by atoms with E-state index in [2.05, 4.69) is 17.1 Å². The van der Waals surface area contributed by atoms with Crippen LogP contribution in [0.3, 0.4) is 0 Å². The number of aromatic nitrogens is 1. The number of hydrogen-bond donors (Lipinski definition) is 0. The van der Waals surface area contributed by atoms with E-state index in [1.165, 1.54) is 10.9 Å². The second kappa shape index (κ2) is 4.28. The zero-order valence-corrected chi connectivity index (χ0v) is 9.73. The molecule has 1 aliphatic carbocycles. The minimum absolute atomic E-state index is 0.383. The Labute approximate surface area is 101 Å². The van der Waals surface area contributed by atoms with Crippen molar-refractivity contribution in [3.05, 3.63) is 42.1 Å². The molecule has 3 rings (SSSR count). The van der Waals surface area contributed by atoms with Crippen LogP contribution in [-0.2, 0) is 4.79 Å². The second-order valence-corrected chi connectivity index (χ2v) is 4.79. The van der Waals surface area contributed by atoms with Crippen molar-refractivity contribution in [2.45, 2.75) is 31.6 Å². The van der Waals surface area contributed by atoms with Crippen LogP contribution in [0.5, 0.6) is 0 Å². The highest BCUT2D eigenvalue weighted by Crippen LogP contribution is 2.31. The Kier molecular flexibility index (Phi) is 2.63. The number of Topliss-reactive ketones (excluding diaryl/α,β-unsaturated/α-hetero) is 1. The van der Waals surface area contributed by atoms with E-state index >= 15 is 0 Å². The summed E-state index contributed by atoms with van der Waals surface area (Å²) in [6.45, 7) is 0. The third kappa shape index (κ3) is 2.07. The lowest BCUT2D eigenvalue weighted by atomic mass is 9.84. The van der Waals surface area contributed by atoms with Gasteiger partial charge in [-0.2, -0.15) is 0 Å². The predicted molar refractivity (Wildman–Crippen MR) is 68.0 cm³/mol. The Bertz CT molecular complexity index is 562. The maximum absolute atomic E-state index is 11.5. The van der Waals surface area contributed by atoms with Gasteiger partial charge in [0.05, 0.1) is 5.52 Å². The number of fused-ring (bicyclic) bond motifs is 1. The molecule has 17 heavy (non-hydrogen) atoms. The van der Waals surface area contributed by atoms with Crippen molar-refractivity contribution in [1.82, 2.24) is 4.98 Å². The minimum atomic E-state index is 0.383. The zero-order chi connectivity index (χ0) is 11.7. The van der Waals surface area contributed by atoms with E-state index in [4.69, 9.17) is 0 Å². The van der Waals surface area contributed by atoms with Gasteiger partial charge in [-0.05, 0) is 36.5 Å². The molecule has 1 fully saturated rings. The first-order valence-corrected chi connectivity index (χ1v) is 6.19. The first kappa shape index (κ1) is 10.5. The van der Waals surface area contributed by atoms with Gasteiger partial charge in [-0.3, -0.25) is 9.78 Å². The number of pyridine rings is 1. The summed E-state index contributed by atoms with van der Waals surface area (Å²) in [5.74, 6) is 0.780. The Morgan fingerprint density at radius 2 is 2.12 bits per heavy atom. The van der Waals surface area contributed by atoms with E-state index in [0.29, 0.717) is 18.1 Å². The summed E-state index contributed by atoms with van der Waals surface area (Å²) in [6.07, 6.45) is 5.53. The van der Waals surface area contributed by atoms with E-state index in [9.17, 15) is 4.79 Å². The largest absolute Gasteiger partial charge is 0.300 e. The molecule has 0 N–H and O–H groups in total. The lowest BCUT2D eigenvalue weighted by Gasteiger charge is -2.21. The monoisotopic (exact) mass is 225 g/mol. The molecule has 1 heterocycles. The first-order valence-electron chi connectivity index (χ1n) is 6.19. The molecule has 0 bridgehead atoms. The Balaban J connectivity index is 1.97. The van der Waals surface area contributed by atoms with Crippen LogP contribution in [0.15, 0.2) is 36.5 Å². The molecule has 1 aromatic heterocycles. The minimum Gasteiger partial charge on any atom is -0.300 e. The fourth-order valence-corrected chi connectivity index (χ4v) is 2.62. The van der Waals surface area contributed by atoms with Crippen LogP contribution in [0.1, 0.15) is 37.2 Å². The fraction of sp³-hybridized carbons (Fsp3) is 0.333. The quantitative estimate of drug-likeness (QED) is 0.744. The highest BCUT2D eigenvalue weighted by molar-refractivity contribution is 5.81. The van der Waals surface area contributed by atoms with Gasteiger partial charge in [0.25, 0.3) is 0 Å². The van der Waals surface area contributed by atoms with Gasteiger partial charge in [-0.1, -0.05) is 18.2 Å². The van der Waals surface area contributed by atoms with Crippen molar-refractivity contribution in [3.63, 3.8) is 0 Å². The number of rotatable bonds is 1. The molecular formula is C15H15NO. The van der Waals surface area contributed by atoms with Crippen LogP contribution in [-0.4, -0.2) is 10.8 Å². The van der Waals surface area contributed by atoms with E-state index in [-0.39, 0.29) is 0 Å². The molecule has 0 unspecified atom stereocenters. The van der Waals surface area contributed by atoms with Crippen molar-refractivity contribution in [3.8, 4) is 0 Å². The highest BCUT2D eigenvalue weighted by Gasteiger charge is 2.21. The summed E-state index contributed by atoms with van der Waals surface area (Å²) in [4.78, 5) is 16.0. The van der Waals surface area contributed by atoms with Crippen LogP contribution >= 0.6 is 0 Å².